The molecule has 3 rings (SSSR count). The summed E-state index contributed by atoms with van der Waals surface area (Å²) in [6.07, 6.45) is 6.36. The Morgan fingerprint density at radius 3 is 2.59 bits per heavy atom. The lowest BCUT2D eigenvalue weighted by molar-refractivity contribution is -0.0721. The molecule has 1 atom stereocenters. The second-order valence-electron chi connectivity index (χ2n) is 8.96. The zero-order valence-electron chi connectivity index (χ0n) is 20.5. The van der Waals surface area contributed by atoms with Gasteiger partial charge in [0.15, 0.2) is 5.96 Å². The molecule has 1 N–H and O–H groups in total. The van der Waals surface area contributed by atoms with Crippen molar-refractivity contribution in [3.05, 3.63) is 35.4 Å². The van der Waals surface area contributed by atoms with E-state index in [4.69, 9.17) is 14.5 Å². The number of likely N-dealkylation sites (tertiary alicyclic amines) is 1. The molecule has 0 saturated carbocycles. The van der Waals surface area contributed by atoms with E-state index in [2.05, 4.69) is 60.2 Å². The number of hydrogen-bond donors (Lipinski definition) is 1. The zero-order chi connectivity index (χ0) is 22.6. The second kappa shape index (κ2) is 13.8. The molecular formula is C26H44N4O2. The largest absolute Gasteiger partial charge is 0.376 e. The highest BCUT2D eigenvalue weighted by Gasteiger charge is 2.23. The number of piperidine rings is 1. The number of aliphatic imine (C=N–C) groups is 1. The summed E-state index contributed by atoms with van der Waals surface area (Å²) in [5.74, 6) is 1.02. The predicted octanol–water partition coefficient (Wildman–Crippen LogP) is 4.04. The van der Waals surface area contributed by atoms with Crippen LogP contribution >= 0.6 is 0 Å². The molecule has 0 aliphatic carbocycles. The Kier molecular flexibility index (Phi) is 10.8. The number of benzene rings is 1. The third-order valence-corrected chi connectivity index (χ3v) is 6.57. The third kappa shape index (κ3) is 8.05. The van der Waals surface area contributed by atoms with Crippen molar-refractivity contribution in [1.82, 2.24) is 15.1 Å². The van der Waals surface area contributed by atoms with Gasteiger partial charge in [0.2, 0.25) is 0 Å². The summed E-state index contributed by atoms with van der Waals surface area (Å²) in [6, 6.07) is 8.88. The maximum Gasteiger partial charge on any atom is 0.194 e. The Bertz CT molecular complexity index is 678. The molecule has 0 amide bonds. The lowest BCUT2D eigenvalue weighted by Crippen LogP contribution is -2.47. The van der Waals surface area contributed by atoms with Gasteiger partial charge in [-0.2, -0.15) is 0 Å². The summed E-state index contributed by atoms with van der Waals surface area (Å²) in [7, 11) is 0. The lowest BCUT2D eigenvalue weighted by atomic mass is 10.1. The summed E-state index contributed by atoms with van der Waals surface area (Å²) < 4.78 is 12.0. The Balaban J connectivity index is 1.49. The van der Waals surface area contributed by atoms with Crippen LogP contribution in [0.4, 0.5) is 0 Å². The molecule has 32 heavy (non-hydrogen) atoms. The molecular weight excluding hydrogens is 400 g/mol. The molecule has 1 unspecified atom stereocenters. The van der Waals surface area contributed by atoms with Gasteiger partial charge in [-0.1, -0.05) is 38.1 Å². The molecule has 2 fully saturated rings. The number of hydrogen-bond acceptors (Lipinski definition) is 4. The standard InChI is InChI=1S/C26H44N4O2/c1-4-27-26(28-19-22-10-9-11-23(18-22)20-29(5-2)6-3)30-15-13-24(14-16-30)32-21-25-12-7-8-17-31-25/h9-11,18,24-25H,4-8,12-17,19-21H2,1-3H3,(H,27,28). The zero-order valence-corrected chi connectivity index (χ0v) is 20.5. The smallest absolute Gasteiger partial charge is 0.194 e. The van der Waals surface area contributed by atoms with Crippen LogP contribution in [0, 0.1) is 0 Å². The van der Waals surface area contributed by atoms with Gasteiger partial charge in [-0.25, -0.2) is 4.99 Å². The first-order valence-electron chi connectivity index (χ1n) is 12.8. The van der Waals surface area contributed by atoms with Gasteiger partial charge >= 0.3 is 0 Å². The number of nitrogens with zero attached hydrogens (tertiary/aromatic N) is 3. The number of guanidine groups is 1. The summed E-state index contributed by atoms with van der Waals surface area (Å²) in [5.41, 5.74) is 2.64. The minimum atomic E-state index is 0.304. The van der Waals surface area contributed by atoms with Crippen LogP contribution in [0.3, 0.4) is 0 Å². The van der Waals surface area contributed by atoms with Gasteiger partial charge in [0, 0.05) is 32.8 Å². The summed E-state index contributed by atoms with van der Waals surface area (Å²) in [6.45, 7) is 15.0. The van der Waals surface area contributed by atoms with Crippen LogP contribution in [-0.2, 0) is 22.6 Å². The molecule has 180 valence electrons. The van der Waals surface area contributed by atoms with E-state index < -0.39 is 0 Å². The van der Waals surface area contributed by atoms with Crippen LogP contribution in [0.25, 0.3) is 0 Å². The topological polar surface area (TPSA) is 49.3 Å². The van der Waals surface area contributed by atoms with Crippen LogP contribution in [0.5, 0.6) is 0 Å². The highest BCUT2D eigenvalue weighted by atomic mass is 16.5. The van der Waals surface area contributed by atoms with E-state index in [0.717, 1.165) is 77.7 Å². The first kappa shape index (κ1) is 25.0. The van der Waals surface area contributed by atoms with Crippen LogP contribution in [-0.4, -0.2) is 73.9 Å². The summed E-state index contributed by atoms with van der Waals surface area (Å²) >= 11 is 0. The maximum atomic E-state index is 6.19. The second-order valence-corrected chi connectivity index (χ2v) is 8.96. The highest BCUT2D eigenvalue weighted by molar-refractivity contribution is 5.80. The van der Waals surface area contributed by atoms with E-state index in [1.54, 1.807) is 0 Å². The molecule has 1 aromatic carbocycles. The monoisotopic (exact) mass is 444 g/mol. The minimum absolute atomic E-state index is 0.304. The molecule has 6 heteroatoms. The van der Waals surface area contributed by atoms with Crippen molar-refractivity contribution >= 4 is 5.96 Å². The van der Waals surface area contributed by atoms with Crippen molar-refractivity contribution in [3.8, 4) is 0 Å². The number of ether oxygens (including phenoxy) is 2. The first-order valence-corrected chi connectivity index (χ1v) is 12.8. The van der Waals surface area contributed by atoms with Crippen molar-refractivity contribution in [2.45, 2.75) is 78.2 Å². The third-order valence-electron chi connectivity index (χ3n) is 6.57. The first-order chi connectivity index (χ1) is 15.7. The van der Waals surface area contributed by atoms with Crippen molar-refractivity contribution in [3.63, 3.8) is 0 Å². The Hall–Kier alpha value is -1.63. The average Bonchev–Trinajstić information content (AvgIpc) is 2.85. The SMILES string of the molecule is CCNC(=NCc1cccc(CN(CC)CC)c1)N1CCC(OCC2CCCCO2)CC1. The molecule has 2 aliphatic heterocycles. The fraction of sp³-hybridized carbons (Fsp3) is 0.731. The highest BCUT2D eigenvalue weighted by Crippen LogP contribution is 2.18. The predicted molar refractivity (Wildman–Crippen MR) is 132 cm³/mol. The van der Waals surface area contributed by atoms with Gasteiger partial charge in [-0.05, 0) is 63.2 Å². The fourth-order valence-corrected chi connectivity index (χ4v) is 4.54. The molecule has 6 nitrogen and oxygen atoms in total. The van der Waals surface area contributed by atoms with Crippen LogP contribution in [0.15, 0.2) is 29.3 Å². The molecule has 0 aromatic heterocycles. The molecule has 0 spiro atoms. The Morgan fingerprint density at radius 1 is 1.12 bits per heavy atom. The van der Waals surface area contributed by atoms with Crippen LogP contribution < -0.4 is 5.32 Å². The summed E-state index contributed by atoms with van der Waals surface area (Å²) in [5, 5.41) is 3.49. The van der Waals surface area contributed by atoms with Gasteiger partial charge in [0.1, 0.15) is 0 Å². The van der Waals surface area contributed by atoms with E-state index in [1.165, 1.54) is 24.0 Å². The average molecular weight is 445 g/mol. The number of rotatable bonds is 10. The Labute approximate surface area is 195 Å². The van der Waals surface area contributed by atoms with Crippen LogP contribution in [0.2, 0.25) is 0 Å². The Morgan fingerprint density at radius 2 is 1.91 bits per heavy atom. The van der Waals surface area contributed by atoms with Crippen molar-refractivity contribution in [2.24, 2.45) is 4.99 Å². The van der Waals surface area contributed by atoms with E-state index in [9.17, 15) is 0 Å². The van der Waals surface area contributed by atoms with Gasteiger partial charge in [-0.15, -0.1) is 0 Å². The lowest BCUT2D eigenvalue weighted by Gasteiger charge is -2.35. The summed E-state index contributed by atoms with van der Waals surface area (Å²) in [4.78, 5) is 9.80. The quantitative estimate of drug-likeness (QED) is 0.436. The maximum absolute atomic E-state index is 6.19. The fourth-order valence-electron chi connectivity index (χ4n) is 4.54. The van der Waals surface area contributed by atoms with Gasteiger partial charge in [-0.3, -0.25) is 4.90 Å². The van der Waals surface area contributed by atoms with E-state index in [-0.39, 0.29) is 0 Å². The van der Waals surface area contributed by atoms with Gasteiger partial charge < -0.3 is 19.7 Å². The molecule has 2 saturated heterocycles. The minimum Gasteiger partial charge on any atom is -0.376 e. The van der Waals surface area contributed by atoms with Gasteiger partial charge in [0.25, 0.3) is 0 Å². The van der Waals surface area contributed by atoms with Crippen molar-refractivity contribution in [2.75, 3.05) is 45.9 Å². The molecule has 0 bridgehead atoms. The van der Waals surface area contributed by atoms with Gasteiger partial charge in [0.05, 0.1) is 25.4 Å². The van der Waals surface area contributed by atoms with Crippen molar-refractivity contribution < 1.29 is 9.47 Å². The molecule has 2 heterocycles. The molecule has 0 radical (unpaired) electrons. The normalized spacial score (nSPS) is 20.7. The van der Waals surface area contributed by atoms with Crippen molar-refractivity contribution in [1.29, 1.82) is 0 Å². The molecule has 2 aliphatic rings. The van der Waals surface area contributed by atoms with Crippen LogP contribution in [0.1, 0.15) is 64.0 Å². The van der Waals surface area contributed by atoms with E-state index in [1.807, 2.05) is 0 Å². The van der Waals surface area contributed by atoms with E-state index >= 15 is 0 Å². The number of nitrogens with one attached hydrogen (secondary N) is 1. The molecule has 1 aromatic rings. The van der Waals surface area contributed by atoms with E-state index in [0.29, 0.717) is 18.8 Å².